The van der Waals surface area contributed by atoms with Crippen molar-refractivity contribution in [1.82, 2.24) is 14.8 Å². The standard InChI is InChI=1S/C25H27Cl2N5O2S/c1-17(2)32(25(34)28-20-8-6-18(26)7-9-20)15-23-29-22(16-35-23)24(33)31-12-10-30(11-13-31)21-5-3-4-19(27)14-21/h3-9,14,16-17H,10-13,15H2,1-2H3,(H,28,34). The fourth-order valence-corrected chi connectivity index (χ4v) is 4.92. The van der Waals surface area contributed by atoms with Crippen LogP contribution in [0.2, 0.25) is 10.0 Å². The van der Waals surface area contributed by atoms with Crippen molar-refractivity contribution in [2.45, 2.75) is 26.4 Å². The van der Waals surface area contributed by atoms with Crippen LogP contribution in [0.15, 0.2) is 53.9 Å². The Morgan fingerprint density at radius 2 is 1.77 bits per heavy atom. The Labute approximate surface area is 219 Å². The molecule has 2 aromatic carbocycles. The lowest BCUT2D eigenvalue weighted by Gasteiger charge is -2.35. The number of rotatable bonds is 6. The van der Waals surface area contributed by atoms with E-state index in [0.29, 0.717) is 46.1 Å². The van der Waals surface area contributed by atoms with Crippen molar-refractivity contribution < 1.29 is 9.59 Å². The molecule has 0 unspecified atom stereocenters. The average Bonchev–Trinajstić information content (AvgIpc) is 3.32. The Morgan fingerprint density at radius 1 is 1.06 bits per heavy atom. The molecule has 1 N–H and O–H groups in total. The number of thiazole rings is 1. The van der Waals surface area contributed by atoms with Crippen LogP contribution in [0.25, 0.3) is 0 Å². The number of halogens is 2. The third-order valence-electron chi connectivity index (χ3n) is 5.80. The first-order chi connectivity index (χ1) is 16.8. The summed E-state index contributed by atoms with van der Waals surface area (Å²) >= 11 is 13.4. The van der Waals surface area contributed by atoms with E-state index in [-0.39, 0.29) is 18.0 Å². The van der Waals surface area contributed by atoms with Gasteiger partial charge in [-0.2, -0.15) is 0 Å². The van der Waals surface area contributed by atoms with Crippen molar-refractivity contribution >= 4 is 57.9 Å². The largest absolute Gasteiger partial charge is 0.368 e. The Bertz CT molecular complexity index is 1180. The summed E-state index contributed by atoms with van der Waals surface area (Å²) in [5.74, 6) is -0.0834. The van der Waals surface area contributed by atoms with Crippen LogP contribution in [-0.4, -0.2) is 58.9 Å². The molecular formula is C25H27Cl2N5O2S. The van der Waals surface area contributed by atoms with E-state index in [9.17, 15) is 9.59 Å². The number of piperazine rings is 1. The Balaban J connectivity index is 1.35. The highest BCUT2D eigenvalue weighted by Gasteiger charge is 2.25. The van der Waals surface area contributed by atoms with E-state index in [1.165, 1.54) is 11.3 Å². The third-order valence-corrected chi connectivity index (χ3v) is 7.12. The van der Waals surface area contributed by atoms with Crippen molar-refractivity contribution in [3.63, 3.8) is 0 Å². The molecule has 0 spiro atoms. The Hall–Kier alpha value is -2.81. The number of carbonyl (C=O) groups is 2. The number of benzene rings is 2. The molecule has 4 rings (SSSR count). The van der Waals surface area contributed by atoms with Gasteiger partial charge in [0.25, 0.3) is 5.91 Å². The molecule has 0 radical (unpaired) electrons. The Morgan fingerprint density at radius 3 is 2.43 bits per heavy atom. The van der Waals surface area contributed by atoms with Gasteiger partial charge in [-0.1, -0.05) is 29.3 Å². The minimum Gasteiger partial charge on any atom is -0.368 e. The molecule has 2 heterocycles. The SMILES string of the molecule is CC(C)N(Cc1nc(C(=O)N2CCN(c3cccc(Cl)c3)CC2)cs1)C(=O)Nc1ccc(Cl)cc1. The lowest BCUT2D eigenvalue weighted by atomic mass is 10.2. The van der Waals surface area contributed by atoms with E-state index in [2.05, 4.69) is 15.2 Å². The quantitative estimate of drug-likeness (QED) is 0.432. The zero-order chi connectivity index (χ0) is 24.9. The van der Waals surface area contributed by atoms with Crippen LogP contribution in [-0.2, 0) is 6.54 Å². The molecule has 3 amide bonds. The second kappa shape index (κ2) is 11.3. The smallest absolute Gasteiger partial charge is 0.322 e. The minimum absolute atomic E-state index is 0.0510. The van der Waals surface area contributed by atoms with Crippen LogP contribution >= 0.6 is 34.5 Å². The van der Waals surface area contributed by atoms with Crippen molar-refractivity contribution in [1.29, 1.82) is 0 Å². The highest BCUT2D eigenvalue weighted by Crippen LogP contribution is 2.22. The summed E-state index contributed by atoms with van der Waals surface area (Å²) in [6, 6.07) is 14.4. The molecule has 0 atom stereocenters. The fraction of sp³-hybridized carbons (Fsp3) is 0.320. The number of nitrogens with one attached hydrogen (secondary N) is 1. The molecule has 0 aliphatic carbocycles. The van der Waals surface area contributed by atoms with E-state index in [1.807, 2.05) is 43.0 Å². The zero-order valence-electron chi connectivity index (χ0n) is 19.6. The first-order valence-electron chi connectivity index (χ1n) is 11.4. The number of carbonyl (C=O) groups excluding carboxylic acids is 2. The number of anilines is 2. The summed E-state index contributed by atoms with van der Waals surface area (Å²) in [6.45, 7) is 6.89. The van der Waals surface area contributed by atoms with Gasteiger partial charge in [-0.3, -0.25) is 4.79 Å². The first kappa shape index (κ1) is 25.3. The molecule has 0 bridgehead atoms. The van der Waals surface area contributed by atoms with Crippen LogP contribution in [0.4, 0.5) is 16.2 Å². The number of nitrogens with zero attached hydrogens (tertiary/aromatic N) is 4. The molecule has 10 heteroatoms. The highest BCUT2D eigenvalue weighted by atomic mass is 35.5. The summed E-state index contributed by atoms with van der Waals surface area (Å²) < 4.78 is 0. The first-order valence-corrected chi connectivity index (χ1v) is 13.0. The molecule has 1 aromatic heterocycles. The molecule has 35 heavy (non-hydrogen) atoms. The number of aromatic nitrogens is 1. The number of urea groups is 1. The van der Waals surface area contributed by atoms with Crippen molar-refractivity contribution in [3.8, 4) is 0 Å². The minimum atomic E-state index is -0.234. The van der Waals surface area contributed by atoms with E-state index in [1.54, 1.807) is 34.5 Å². The van der Waals surface area contributed by atoms with Crippen LogP contribution < -0.4 is 10.2 Å². The number of amides is 3. The molecule has 7 nitrogen and oxygen atoms in total. The lowest BCUT2D eigenvalue weighted by molar-refractivity contribution is 0.0741. The maximum Gasteiger partial charge on any atom is 0.322 e. The van der Waals surface area contributed by atoms with Gasteiger partial charge in [-0.25, -0.2) is 9.78 Å². The monoisotopic (exact) mass is 531 g/mol. The van der Waals surface area contributed by atoms with Gasteiger partial charge >= 0.3 is 6.03 Å². The summed E-state index contributed by atoms with van der Waals surface area (Å²) in [4.78, 5) is 36.2. The predicted octanol–water partition coefficient (Wildman–Crippen LogP) is 5.85. The molecule has 1 aliphatic rings. The van der Waals surface area contributed by atoms with Crippen LogP contribution in [0.3, 0.4) is 0 Å². The molecule has 3 aromatic rings. The normalized spacial score (nSPS) is 13.7. The maximum atomic E-state index is 13.1. The third kappa shape index (κ3) is 6.45. The van der Waals surface area contributed by atoms with Crippen molar-refractivity contribution in [3.05, 3.63) is 74.7 Å². The molecule has 1 saturated heterocycles. The van der Waals surface area contributed by atoms with Crippen LogP contribution in [0.1, 0.15) is 29.3 Å². The highest BCUT2D eigenvalue weighted by molar-refractivity contribution is 7.09. The molecular weight excluding hydrogens is 505 g/mol. The van der Waals surface area contributed by atoms with E-state index in [4.69, 9.17) is 23.2 Å². The van der Waals surface area contributed by atoms with Crippen molar-refractivity contribution in [2.75, 3.05) is 36.4 Å². The summed E-state index contributed by atoms with van der Waals surface area (Å²) in [5.41, 5.74) is 2.14. The second-order valence-corrected chi connectivity index (χ2v) is 10.4. The summed E-state index contributed by atoms with van der Waals surface area (Å²) in [5, 5.41) is 6.69. The molecule has 1 aliphatic heterocycles. The topological polar surface area (TPSA) is 68.8 Å². The Kier molecular flexibility index (Phi) is 8.15. The number of hydrogen-bond donors (Lipinski definition) is 1. The summed E-state index contributed by atoms with van der Waals surface area (Å²) in [6.07, 6.45) is 0. The second-order valence-electron chi connectivity index (χ2n) is 8.54. The van der Waals surface area contributed by atoms with Gasteiger partial charge in [-0.05, 0) is 56.3 Å². The van der Waals surface area contributed by atoms with Gasteiger partial charge in [0.2, 0.25) is 0 Å². The van der Waals surface area contributed by atoms with E-state index >= 15 is 0 Å². The average molecular weight is 532 g/mol. The van der Waals surface area contributed by atoms with E-state index in [0.717, 1.165) is 18.8 Å². The predicted molar refractivity (Wildman–Crippen MR) is 143 cm³/mol. The van der Waals surface area contributed by atoms with Gasteiger partial charge in [0.15, 0.2) is 0 Å². The van der Waals surface area contributed by atoms with Crippen molar-refractivity contribution in [2.24, 2.45) is 0 Å². The maximum absolute atomic E-state index is 13.1. The lowest BCUT2D eigenvalue weighted by Crippen LogP contribution is -2.48. The van der Waals surface area contributed by atoms with Crippen LogP contribution in [0, 0.1) is 0 Å². The van der Waals surface area contributed by atoms with Gasteiger partial charge in [0.1, 0.15) is 10.7 Å². The van der Waals surface area contributed by atoms with Gasteiger partial charge in [-0.15, -0.1) is 11.3 Å². The molecule has 0 saturated carbocycles. The number of hydrogen-bond acceptors (Lipinski definition) is 5. The van der Waals surface area contributed by atoms with Gasteiger partial charge in [0.05, 0.1) is 6.54 Å². The van der Waals surface area contributed by atoms with E-state index < -0.39 is 0 Å². The summed E-state index contributed by atoms with van der Waals surface area (Å²) in [7, 11) is 0. The zero-order valence-corrected chi connectivity index (χ0v) is 21.9. The molecule has 1 fully saturated rings. The van der Waals surface area contributed by atoms with Gasteiger partial charge < -0.3 is 20.0 Å². The van der Waals surface area contributed by atoms with Gasteiger partial charge in [0, 0.05) is 59.0 Å². The van der Waals surface area contributed by atoms with Crippen LogP contribution in [0.5, 0.6) is 0 Å². The molecule has 184 valence electrons. The fourth-order valence-electron chi connectivity index (χ4n) is 3.85.